The van der Waals surface area contributed by atoms with E-state index in [4.69, 9.17) is 4.74 Å². The number of nitrogens with zero attached hydrogens (tertiary/aromatic N) is 1. The maximum atomic E-state index is 5.67. The monoisotopic (exact) mass is 254 g/mol. The van der Waals surface area contributed by atoms with Crippen LogP contribution in [0.2, 0.25) is 0 Å². The highest BCUT2D eigenvalue weighted by atomic mass is 16.5. The molecule has 0 spiro atoms. The van der Waals surface area contributed by atoms with Gasteiger partial charge in [-0.25, -0.2) is 0 Å². The van der Waals surface area contributed by atoms with Crippen molar-refractivity contribution < 1.29 is 4.74 Å². The molecule has 0 radical (unpaired) electrons. The Morgan fingerprint density at radius 2 is 2.11 bits per heavy atom. The fourth-order valence-electron chi connectivity index (χ4n) is 3.31. The second-order valence-corrected chi connectivity index (χ2v) is 6.32. The molecule has 0 bridgehead atoms. The van der Waals surface area contributed by atoms with Crippen molar-refractivity contribution in [2.45, 2.75) is 57.6 Å². The Bertz CT molecular complexity index is 229. The second-order valence-electron chi connectivity index (χ2n) is 6.32. The van der Waals surface area contributed by atoms with Crippen molar-refractivity contribution in [1.82, 2.24) is 10.2 Å². The van der Waals surface area contributed by atoms with Gasteiger partial charge in [0.25, 0.3) is 0 Å². The van der Waals surface area contributed by atoms with Crippen molar-refractivity contribution in [1.29, 1.82) is 0 Å². The van der Waals surface area contributed by atoms with Gasteiger partial charge >= 0.3 is 0 Å². The number of hydrogen-bond acceptors (Lipinski definition) is 3. The molecule has 0 aromatic carbocycles. The SMILES string of the molecule is CC1CCCC(NCCN(C)CC2CCCO2)C1. The van der Waals surface area contributed by atoms with E-state index in [-0.39, 0.29) is 0 Å². The lowest BCUT2D eigenvalue weighted by Gasteiger charge is -2.28. The predicted octanol–water partition coefficient (Wildman–Crippen LogP) is 2.27. The molecular formula is C15H30N2O. The number of nitrogens with one attached hydrogen (secondary N) is 1. The average molecular weight is 254 g/mol. The zero-order valence-corrected chi connectivity index (χ0v) is 12.2. The highest BCUT2D eigenvalue weighted by molar-refractivity contribution is 4.76. The van der Waals surface area contributed by atoms with Gasteiger partial charge in [-0.3, -0.25) is 0 Å². The van der Waals surface area contributed by atoms with E-state index in [9.17, 15) is 0 Å². The zero-order valence-electron chi connectivity index (χ0n) is 12.2. The molecular weight excluding hydrogens is 224 g/mol. The zero-order chi connectivity index (χ0) is 12.8. The lowest BCUT2D eigenvalue weighted by atomic mass is 9.87. The molecule has 0 aromatic heterocycles. The number of likely N-dealkylation sites (N-methyl/N-ethyl adjacent to an activating group) is 1. The molecule has 3 unspecified atom stereocenters. The Kier molecular flexibility index (Phi) is 5.93. The summed E-state index contributed by atoms with van der Waals surface area (Å²) >= 11 is 0. The molecule has 2 aliphatic rings. The Morgan fingerprint density at radius 1 is 1.22 bits per heavy atom. The third-order valence-electron chi connectivity index (χ3n) is 4.40. The van der Waals surface area contributed by atoms with E-state index in [0.29, 0.717) is 6.10 Å². The molecule has 0 amide bonds. The molecule has 1 saturated carbocycles. The van der Waals surface area contributed by atoms with Gasteiger partial charge in [0, 0.05) is 32.3 Å². The van der Waals surface area contributed by atoms with Crippen molar-refractivity contribution >= 4 is 0 Å². The molecule has 0 aromatic rings. The quantitative estimate of drug-likeness (QED) is 0.787. The minimum absolute atomic E-state index is 0.490. The second kappa shape index (κ2) is 7.46. The summed E-state index contributed by atoms with van der Waals surface area (Å²) in [6.45, 7) is 6.72. The summed E-state index contributed by atoms with van der Waals surface area (Å²) < 4.78 is 5.67. The maximum absolute atomic E-state index is 5.67. The van der Waals surface area contributed by atoms with Crippen LogP contribution in [-0.2, 0) is 4.74 Å². The van der Waals surface area contributed by atoms with Gasteiger partial charge < -0.3 is 15.0 Å². The molecule has 1 heterocycles. The Hall–Kier alpha value is -0.120. The Labute approximate surface area is 112 Å². The standard InChI is InChI=1S/C15H30N2O/c1-13-5-3-6-14(11-13)16-8-9-17(2)12-15-7-4-10-18-15/h13-16H,3-12H2,1-2H3. The topological polar surface area (TPSA) is 24.5 Å². The van der Waals surface area contributed by atoms with Crippen LogP contribution >= 0.6 is 0 Å². The highest BCUT2D eigenvalue weighted by Crippen LogP contribution is 2.23. The average Bonchev–Trinajstić information content (AvgIpc) is 2.82. The Balaban J connectivity index is 1.53. The lowest BCUT2D eigenvalue weighted by Crippen LogP contribution is -2.40. The van der Waals surface area contributed by atoms with E-state index in [1.807, 2.05) is 0 Å². The summed E-state index contributed by atoms with van der Waals surface area (Å²) in [5.41, 5.74) is 0. The molecule has 1 aliphatic carbocycles. The fraction of sp³-hybridized carbons (Fsp3) is 1.00. The summed E-state index contributed by atoms with van der Waals surface area (Å²) in [5.74, 6) is 0.917. The highest BCUT2D eigenvalue weighted by Gasteiger charge is 2.19. The van der Waals surface area contributed by atoms with E-state index >= 15 is 0 Å². The molecule has 2 rings (SSSR count). The first-order chi connectivity index (χ1) is 8.74. The van der Waals surface area contributed by atoms with Gasteiger partial charge in [-0.2, -0.15) is 0 Å². The van der Waals surface area contributed by atoms with Gasteiger partial charge in [0.2, 0.25) is 0 Å². The minimum atomic E-state index is 0.490. The first kappa shape index (κ1) is 14.3. The molecule has 106 valence electrons. The molecule has 1 saturated heterocycles. The third-order valence-corrected chi connectivity index (χ3v) is 4.40. The molecule has 18 heavy (non-hydrogen) atoms. The first-order valence-electron chi connectivity index (χ1n) is 7.77. The van der Waals surface area contributed by atoms with Gasteiger partial charge in [-0.05, 0) is 38.6 Å². The van der Waals surface area contributed by atoms with Crippen LogP contribution in [0.3, 0.4) is 0 Å². The van der Waals surface area contributed by atoms with Crippen LogP contribution in [0.15, 0.2) is 0 Å². The van der Waals surface area contributed by atoms with Gasteiger partial charge in [0.05, 0.1) is 6.10 Å². The third kappa shape index (κ3) is 4.87. The first-order valence-corrected chi connectivity index (χ1v) is 7.77. The predicted molar refractivity (Wildman–Crippen MR) is 75.9 cm³/mol. The van der Waals surface area contributed by atoms with Crippen molar-refractivity contribution in [3.8, 4) is 0 Å². The maximum Gasteiger partial charge on any atom is 0.0702 e. The number of hydrogen-bond donors (Lipinski definition) is 1. The summed E-state index contributed by atoms with van der Waals surface area (Å²) in [4.78, 5) is 2.41. The molecule has 3 nitrogen and oxygen atoms in total. The summed E-state index contributed by atoms with van der Waals surface area (Å²) in [7, 11) is 2.22. The van der Waals surface area contributed by atoms with Crippen LogP contribution < -0.4 is 5.32 Å². The van der Waals surface area contributed by atoms with Crippen LogP contribution in [0.4, 0.5) is 0 Å². The van der Waals surface area contributed by atoms with Crippen LogP contribution in [0.1, 0.15) is 45.4 Å². The molecule has 3 atom stereocenters. The van der Waals surface area contributed by atoms with Crippen molar-refractivity contribution in [2.75, 3.05) is 33.3 Å². The van der Waals surface area contributed by atoms with Gasteiger partial charge in [0.1, 0.15) is 0 Å². The summed E-state index contributed by atoms with van der Waals surface area (Å²) in [5, 5.41) is 3.73. The van der Waals surface area contributed by atoms with E-state index < -0.39 is 0 Å². The van der Waals surface area contributed by atoms with Crippen molar-refractivity contribution in [3.05, 3.63) is 0 Å². The van der Waals surface area contributed by atoms with Gasteiger partial charge in [0.15, 0.2) is 0 Å². The minimum Gasteiger partial charge on any atom is -0.377 e. The van der Waals surface area contributed by atoms with Gasteiger partial charge in [-0.1, -0.05) is 19.8 Å². The summed E-state index contributed by atoms with van der Waals surface area (Å²) in [6.07, 6.45) is 8.57. The van der Waals surface area contributed by atoms with Crippen LogP contribution in [0.25, 0.3) is 0 Å². The van der Waals surface area contributed by atoms with E-state index in [2.05, 4.69) is 24.2 Å². The van der Waals surface area contributed by atoms with Crippen LogP contribution in [0.5, 0.6) is 0 Å². The molecule has 1 N–H and O–H groups in total. The van der Waals surface area contributed by atoms with Gasteiger partial charge in [-0.15, -0.1) is 0 Å². The lowest BCUT2D eigenvalue weighted by molar-refractivity contribution is 0.0811. The van der Waals surface area contributed by atoms with E-state index in [1.54, 1.807) is 0 Å². The normalized spacial score (nSPS) is 33.2. The van der Waals surface area contributed by atoms with Crippen molar-refractivity contribution in [2.24, 2.45) is 5.92 Å². The summed E-state index contributed by atoms with van der Waals surface area (Å²) in [6, 6.07) is 0.768. The van der Waals surface area contributed by atoms with Crippen molar-refractivity contribution in [3.63, 3.8) is 0 Å². The van der Waals surface area contributed by atoms with E-state index in [1.165, 1.54) is 38.5 Å². The molecule has 2 fully saturated rings. The van der Waals surface area contributed by atoms with Crippen LogP contribution in [0, 0.1) is 5.92 Å². The number of rotatable bonds is 6. The molecule has 1 aliphatic heterocycles. The molecule has 3 heteroatoms. The Morgan fingerprint density at radius 3 is 2.83 bits per heavy atom. The smallest absolute Gasteiger partial charge is 0.0702 e. The largest absolute Gasteiger partial charge is 0.377 e. The van der Waals surface area contributed by atoms with Crippen LogP contribution in [-0.4, -0.2) is 50.3 Å². The van der Waals surface area contributed by atoms with E-state index in [0.717, 1.165) is 38.2 Å². The number of ether oxygens (including phenoxy) is 1. The fourth-order valence-corrected chi connectivity index (χ4v) is 3.31.